The molecule has 0 bridgehead atoms. The number of fused-ring (bicyclic) bond motifs is 8. The van der Waals surface area contributed by atoms with E-state index in [-0.39, 0.29) is 26.5 Å². The molecular formula is C36H25N3O2Pt. The smallest absolute Gasteiger partial charge is 0.503 e. The van der Waals surface area contributed by atoms with Crippen LogP contribution in [0.5, 0.6) is 11.5 Å². The van der Waals surface area contributed by atoms with E-state index in [0.29, 0.717) is 11.5 Å². The Balaban J connectivity index is 0.00000288. The zero-order valence-electron chi connectivity index (χ0n) is 23.2. The molecule has 0 unspecified atom stereocenters. The first-order chi connectivity index (χ1) is 19.9. The van der Waals surface area contributed by atoms with Crippen molar-refractivity contribution in [3.05, 3.63) is 115 Å². The molecule has 0 radical (unpaired) electrons. The fourth-order valence-corrected chi connectivity index (χ4v) is 5.60. The number of para-hydroxylation sites is 1. The molecule has 4 heterocycles. The molecule has 8 aromatic rings. The fraction of sp³-hybridized carbons (Fsp3) is 0.111. The van der Waals surface area contributed by atoms with E-state index in [9.17, 15) is 0 Å². The first-order valence-electron chi connectivity index (χ1n) is 13.7. The zero-order valence-corrected chi connectivity index (χ0v) is 25.5. The largest absolute Gasteiger partial charge is 2.00 e. The van der Waals surface area contributed by atoms with Crippen LogP contribution in [-0.2, 0) is 26.5 Å². The van der Waals surface area contributed by atoms with Gasteiger partial charge in [0.25, 0.3) is 0 Å². The van der Waals surface area contributed by atoms with E-state index in [1.807, 2.05) is 54.7 Å². The predicted molar refractivity (Wildman–Crippen MR) is 164 cm³/mol. The Morgan fingerprint density at radius 2 is 1.57 bits per heavy atom. The molecule has 0 amide bonds. The van der Waals surface area contributed by atoms with E-state index in [4.69, 9.17) is 14.1 Å². The van der Waals surface area contributed by atoms with Gasteiger partial charge in [0.15, 0.2) is 0 Å². The first kappa shape index (κ1) is 26.4. The van der Waals surface area contributed by atoms with Gasteiger partial charge in [0.05, 0.1) is 11.1 Å². The molecule has 0 saturated heterocycles. The van der Waals surface area contributed by atoms with Crippen molar-refractivity contribution in [1.29, 1.82) is 0 Å². The molecule has 0 atom stereocenters. The SMILES string of the molecule is CC(C)(C)c1cnc2c(c1)oc1ccc3ccc(Oc4[c-]c5c(cc4)c4ccccc4n5-c4ccccn4)[c-]c3c12.[Pt+2]. The minimum Gasteiger partial charge on any atom is -0.503 e. The van der Waals surface area contributed by atoms with Crippen LogP contribution < -0.4 is 4.74 Å². The van der Waals surface area contributed by atoms with E-state index >= 15 is 0 Å². The molecule has 206 valence electrons. The molecule has 0 N–H and O–H groups in total. The molecule has 0 saturated carbocycles. The van der Waals surface area contributed by atoms with Gasteiger partial charge < -0.3 is 13.7 Å². The maximum atomic E-state index is 6.39. The third-order valence-corrected chi connectivity index (χ3v) is 7.69. The molecule has 0 fully saturated rings. The van der Waals surface area contributed by atoms with Crippen LogP contribution in [0.25, 0.3) is 60.5 Å². The Morgan fingerprint density at radius 3 is 2.40 bits per heavy atom. The maximum Gasteiger partial charge on any atom is 2.00 e. The summed E-state index contributed by atoms with van der Waals surface area (Å²) in [4.78, 5) is 9.44. The number of pyridine rings is 2. The molecule has 0 aliphatic heterocycles. The summed E-state index contributed by atoms with van der Waals surface area (Å²) in [7, 11) is 0. The van der Waals surface area contributed by atoms with Crippen molar-refractivity contribution in [3.8, 4) is 17.3 Å². The normalized spacial score (nSPS) is 12.0. The third kappa shape index (κ3) is 4.19. The molecule has 42 heavy (non-hydrogen) atoms. The van der Waals surface area contributed by atoms with Crippen LogP contribution >= 0.6 is 0 Å². The summed E-state index contributed by atoms with van der Waals surface area (Å²) in [5, 5.41) is 5.14. The summed E-state index contributed by atoms with van der Waals surface area (Å²) in [6.45, 7) is 6.53. The molecule has 5 nitrogen and oxygen atoms in total. The number of hydrogen-bond acceptors (Lipinski definition) is 4. The Morgan fingerprint density at radius 1 is 0.786 bits per heavy atom. The van der Waals surface area contributed by atoms with E-state index in [1.54, 1.807) is 6.20 Å². The Labute approximate surface area is 257 Å². The second-order valence-corrected chi connectivity index (χ2v) is 11.4. The van der Waals surface area contributed by atoms with Crippen LogP contribution in [0.15, 0.2) is 102 Å². The van der Waals surface area contributed by atoms with Crippen molar-refractivity contribution in [2.24, 2.45) is 0 Å². The van der Waals surface area contributed by atoms with Crippen molar-refractivity contribution in [1.82, 2.24) is 14.5 Å². The monoisotopic (exact) mass is 726 g/mol. The molecule has 4 aromatic carbocycles. The van der Waals surface area contributed by atoms with Crippen molar-refractivity contribution >= 4 is 54.6 Å². The zero-order chi connectivity index (χ0) is 27.7. The Bertz CT molecular complexity index is 2280. The molecular weight excluding hydrogens is 701 g/mol. The number of benzene rings is 4. The van der Waals surface area contributed by atoms with Gasteiger partial charge in [-0.15, -0.1) is 40.4 Å². The second kappa shape index (κ2) is 9.82. The number of furan rings is 1. The number of hydrogen-bond donors (Lipinski definition) is 0. The van der Waals surface area contributed by atoms with Crippen LogP contribution in [0.1, 0.15) is 26.3 Å². The van der Waals surface area contributed by atoms with Crippen LogP contribution in [0.2, 0.25) is 0 Å². The van der Waals surface area contributed by atoms with Crippen LogP contribution in [0, 0.1) is 12.1 Å². The summed E-state index contributed by atoms with van der Waals surface area (Å²) in [5.41, 5.74) is 5.49. The standard InChI is InChI=1S/C36H25N3O2.Pt/c1-36(2,3)23-18-32-35(38-21-23)34-28-19-24(13-11-22(28)12-16-31(34)41-32)40-25-14-15-27-26-8-4-5-9-29(26)39(30(27)20-25)33-10-6-7-17-37-33;/h4-18,21H,1-3H3;/q-2;+2. The first-order valence-corrected chi connectivity index (χ1v) is 13.7. The van der Waals surface area contributed by atoms with Gasteiger partial charge in [0, 0.05) is 29.4 Å². The maximum absolute atomic E-state index is 6.39. The van der Waals surface area contributed by atoms with Gasteiger partial charge in [-0.05, 0) is 52.1 Å². The summed E-state index contributed by atoms with van der Waals surface area (Å²) < 4.78 is 14.8. The molecule has 8 rings (SSSR count). The quantitative estimate of drug-likeness (QED) is 0.171. The van der Waals surface area contributed by atoms with Gasteiger partial charge in [-0.3, -0.25) is 4.98 Å². The molecule has 0 aliphatic rings. The van der Waals surface area contributed by atoms with Gasteiger partial charge >= 0.3 is 21.1 Å². The van der Waals surface area contributed by atoms with Crippen LogP contribution in [0.3, 0.4) is 0 Å². The second-order valence-electron chi connectivity index (χ2n) is 11.4. The molecule has 0 aliphatic carbocycles. The van der Waals surface area contributed by atoms with Crippen molar-refractivity contribution < 1.29 is 30.2 Å². The number of rotatable bonds is 3. The Hall–Kier alpha value is -4.47. The van der Waals surface area contributed by atoms with Crippen molar-refractivity contribution in [2.75, 3.05) is 0 Å². The average Bonchev–Trinajstić information content (AvgIpc) is 3.52. The van der Waals surface area contributed by atoms with Crippen LogP contribution in [-0.4, -0.2) is 14.5 Å². The molecule has 6 heteroatoms. The summed E-state index contributed by atoms with van der Waals surface area (Å²) in [6.07, 6.45) is 3.75. The van der Waals surface area contributed by atoms with E-state index < -0.39 is 0 Å². The van der Waals surface area contributed by atoms with Gasteiger partial charge in [-0.2, -0.15) is 6.07 Å². The van der Waals surface area contributed by atoms with Gasteiger partial charge in [0.2, 0.25) is 0 Å². The average molecular weight is 727 g/mol. The third-order valence-electron chi connectivity index (χ3n) is 7.69. The molecule has 0 spiro atoms. The minimum absolute atomic E-state index is 0. The summed E-state index contributed by atoms with van der Waals surface area (Å²) in [5.74, 6) is 2.03. The summed E-state index contributed by atoms with van der Waals surface area (Å²) >= 11 is 0. The predicted octanol–water partition coefficient (Wildman–Crippen LogP) is 9.31. The van der Waals surface area contributed by atoms with Crippen molar-refractivity contribution in [3.63, 3.8) is 0 Å². The van der Waals surface area contributed by atoms with E-state index in [2.05, 4.69) is 78.9 Å². The van der Waals surface area contributed by atoms with E-state index in [0.717, 1.165) is 66.0 Å². The van der Waals surface area contributed by atoms with Gasteiger partial charge in [-0.25, -0.2) is 4.98 Å². The number of ether oxygens (including phenoxy) is 1. The number of aromatic nitrogens is 3. The number of nitrogens with zero attached hydrogens (tertiary/aromatic N) is 3. The van der Waals surface area contributed by atoms with Crippen molar-refractivity contribution in [2.45, 2.75) is 26.2 Å². The van der Waals surface area contributed by atoms with Gasteiger partial charge in [-0.1, -0.05) is 62.7 Å². The molecule has 4 aromatic heterocycles. The van der Waals surface area contributed by atoms with E-state index in [1.165, 1.54) is 0 Å². The summed E-state index contributed by atoms with van der Waals surface area (Å²) in [6, 6.07) is 35.4. The Kier molecular flexibility index (Phi) is 6.18. The topological polar surface area (TPSA) is 53.1 Å². The fourth-order valence-electron chi connectivity index (χ4n) is 5.60. The minimum atomic E-state index is -0.0186. The van der Waals surface area contributed by atoms with Gasteiger partial charge in [0.1, 0.15) is 11.4 Å². The van der Waals surface area contributed by atoms with Crippen LogP contribution in [0.4, 0.5) is 0 Å².